The van der Waals surface area contributed by atoms with Gasteiger partial charge in [0.15, 0.2) is 5.76 Å². The van der Waals surface area contributed by atoms with Gasteiger partial charge in [0.1, 0.15) is 0 Å². The fourth-order valence-corrected chi connectivity index (χ4v) is 0.429. The Labute approximate surface area is 47.7 Å². The van der Waals surface area contributed by atoms with Crippen molar-refractivity contribution >= 4 is 0 Å². The van der Waals surface area contributed by atoms with Crippen molar-refractivity contribution in [3.05, 3.63) is 12.0 Å². The van der Waals surface area contributed by atoms with Gasteiger partial charge in [0.05, 0.1) is 6.20 Å². The fraction of sp³-hybridized carbons (Fsp3) is 0.600. The van der Waals surface area contributed by atoms with E-state index < -0.39 is 0 Å². The predicted octanol–water partition coefficient (Wildman–Crippen LogP) is 1.19. The van der Waals surface area contributed by atoms with Crippen molar-refractivity contribution in [2.24, 2.45) is 0 Å². The molecule has 0 N–H and O–H groups in total. The first kappa shape index (κ1) is 5.28. The van der Waals surface area contributed by atoms with E-state index in [1.807, 2.05) is 13.8 Å². The van der Waals surface area contributed by atoms with Crippen LogP contribution in [-0.2, 0) is 0 Å². The van der Waals surface area contributed by atoms with E-state index in [2.05, 4.69) is 10.4 Å². The maximum atomic E-state index is 4.73. The highest BCUT2D eigenvalue weighted by molar-refractivity contribution is 4.91. The maximum Gasteiger partial charge on any atom is 0.159 e. The molecule has 0 bridgehead atoms. The molecular weight excluding hydrogens is 104 g/mol. The van der Waals surface area contributed by atoms with E-state index in [1.54, 1.807) is 6.20 Å². The molecule has 0 saturated carbocycles. The number of hydrogen-bond acceptors (Lipinski definition) is 3. The summed E-state index contributed by atoms with van der Waals surface area (Å²) >= 11 is 0. The minimum Gasteiger partial charge on any atom is -0.342 e. The quantitative estimate of drug-likeness (QED) is 0.547. The second kappa shape index (κ2) is 1.94. The average molecular weight is 112 g/mol. The van der Waals surface area contributed by atoms with Crippen LogP contribution in [0.15, 0.2) is 10.7 Å². The van der Waals surface area contributed by atoms with Gasteiger partial charge in [-0.1, -0.05) is 13.8 Å². The Bertz CT molecular complexity index is 145. The zero-order valence-electron chi connectivity index (χ0n) is 4.96. The van der Waals surface area contributed by atoms with Crippen LogP contribution in [0.3, 0.4) is 0 Å². The molecular formula is C5H8N2O. The van der Waals surface area contributed by atoms with Gasteiger partial charge < -0.3 is 4.52 Å². The first-order valence-corrected chi connectivity index (χ1v) is 2.58. The topological polar surface area (TPSA) is 38.9 Å². The zero-order chi connectivity index (χ0) is 5.98. The molecule has 0 radical (unpaired) electrons. The lowest BCUT2D eigenvalue weighted by atomic mass is 10.2. The Morgan fingerprint density at radius 1 is 1.62 bits per heavy atom. The van der Waals surface area contributed by atoms with Crippen molar-refractivity contribution in [2.45, 2.75) is 19.8 Å². The van der Waals surface area contributed by atoms with Crippen LogP contribution in [0.25, 0.3) is 0 Å². The van der Waals surface area contributed by atoms with Crippen molar-refractivity contribution in [3.63, 3.8) is 0 Å². The van der Waals surface area contributed by atoms with Gasteiger partial charge in [0.2, 0.25) is 0 Å². The molecule has 0 atom stereocenters. The van der Waals surface area contributed by atoms with Gasteiger partial charge in [-0.25, -0.2) is 0 Å². The second-order valence-electron chi connectivity index (χ2n) is 1.97. The van der Waals surface area contributed by atoms with E-state index in [0.29, 0.717) is 5.92 Å². The third-order valence-electron chi connectivity index (χ3n) is 0.947. The van der Waals surface area contributed by atoms with Crippen LogP contribution in [0, 0.1) is 0 Å². The summed E-state index contributed by atoms with van der Waals surface area (Å²) in [7, 11) is 0. The molecule has 0 aliphatic carbocycles. The molecule has 0 fully saturated rings. The number of nitrogens with zero attached hydrogens (tertiary/aromatic N) is 2. The molecule has 3 nitrogen and oxygen atoms in total. The third kappa shape index (κ3) is 0.857. The molecule has 1 rings (SSSR count). The highest BCUT2D eigenvalue weighted by Crippen LogP contribution is 2.09. The summed E-state index contributed by atoms with van der Waals surface area (Å²) in [4.78, 5) is 0. The van der Waals surface area contributed by atoms with Gasteiger partial charge in [0, 0.05) is 11.2 Å². The van der Waals surface area contributed by atoms with Crippen LogP contribution >= 0.6 is 0 Å². The second-order valence-corrected chi connectivity index (χ2v) is 1.97. The van der Waals surface area contributed by atoms with Crippen molar-refractivity contribution in [1.29, 1.82) is 0 Å². The van der Waals surface area contributed by atoms with E-state index in [4.69, 9.17) is 4.52 Å². The van der Waals surface area contributed by atoms with Gasteiger partial charge >= 0.3 is 0 Å². The summed E-state index contributed by atoms with van der Waals surface area (Å²) in [6.45, 7) is 4.06. The molecule has 0 saturated heterocycles. The van der Waals surface area contributed by atoms with Crippen LogP contribution in [0.2, 0.25) is 0 Å². The monoisotopic (exact) mass is 112 g/mol. The Balaban J connectivity index is 2.77. The summed E-state index contributed by atoms with van der Waals surface area (Å²) in [6.07, 6.45) is 1.63. The number of rotatable bonds is 1. The minimum atomic E-state index is 0.394. The first-order chi connectivity index (χ1) is 3.80. The lowest BCUT2D eigenvalue weighted by Gasteiger charge is -1.91. The van der Waals surface area contributed by atoms with E-state index in [-0.39, 0.29) is 0 Å². The van der Waals surface area contributed by atoms with Crippen molar-refractivity contribution < 1.29 is 4.52 Å². The first-order valence-electron chi connectivity index (χ1n) is 2.58. The van der Waals surface area contributed by atoms with Gasteiger partial charge in [-0.2, -0.15) is 0 Å². The van der Waals surface area contributed by atoms with E-state index in [9.17, 15) is 0 Å². The van der Waals surface area contributed by atoms with Crippen LogP contribution in [0.1, 0.15) is 25.5 Å². The van der Waals surface area contributed by atoms with Crippen LogP contribution in [0.5, 0.6) is 0 Å². The van der Waals surface area contributed by atoms with Gasteiger partial charge in [-0.05, 0) is 0 Å². The van der Waals surface area contributed by atoms with Crippen LogP contribution < -0.4 is 0 Å². The Kier molecular flexibility index (Phi) is 1.28. The standard InChI is InChI=1S/C5H8N2O/c1-4(2)5-3-6-7-8-5/h3-4H,1-2H3. The third-order valence-corrected chi connectivity index (χ3v) is 0.947. The molecule has 0 amide bonds. The van der Waals surface area contributed by atoms with Crippen molar-refractivity contribution in [2.75, 3.05) is 0 Å². The Morgan fingerprint density at radius 3 is 2.62 bits per heavy atom. The summed E-state index contributed by atoms with van der Waals surface area (Å²) in [5.41, 5.74) is 0. The summed E-state index contributed by atoms with van der Waals surface area (Å²) in [5, 5.41) is 6.85. The minimum absolute atomic E-state index is 0.394. The predicted molar refractivity (Wildman–Crippen MR) is 28.4 cm³/mol. The molecule has 0 aliphatic heterocycles. The largest absolute Gasteiger partial charge is 0.342 e. The van der Waals surface area contributed by atoms with Crippen molar-refractivity contribution in [3.8, 4) is 0 Å². The smallest absolute Gasteiger partial charge is 0.159 e. The van der Waals surface area contributed by atoms with Gasteiger partial charge in [0.25, 0.3) is 0 Å². The van der Waals surface area contributed by atoms with E-state index in [0.717, 1.165) is 5.76 Å². The molecule has 0 aliphatic rings. The molecule has 8 heavy (non-hydrogen) atoms. The molecule has 1 aromatic heterocycles. The number of hydrogen-bond donors (Lipinski definition) is 0. The summed E-state index contributed by atoms with van der Waals surface area (Å²) in [5.74, 6) is 1.23. The van der Waals surface area contributed by atoms with Crippen LogP contribution in [0.4, 0.5) is 0 Å². The highest BCUT2D eigenvalue weighted by atomic mass is 16.5. The van der Waals surface area contributed by atoms with Gasteiger partial charge in [-0.15, -0.1) is 5.10 Å². The molecule has 1 aromatic rings. The van der Waals surface area contributed by atoms with Gasteiger partial charge in [-0.3, -0.25) is 0 Å². The maximum absolute atomic E-state index is 4.73. The average Bonchev–Trinajstić information content (AvgIpc) is 2.12. The Morgan fingerprint density at radius 2 is 2.38 bits per heavy atom. The lowest BCUT2D eigenvalue weighted by Crippen LogP contribution is -1.80. The Hall–Kier alpha value is -0.860. The molecule has 44 valence electrons. The number of aromatic nitrogens is 2. The fourth-order valence-electron chi connectivity index (χ4n) is 0.429. The molecule has 1 heterocycles. The summed E-state index contributed by atoms with van der Waals surface area (Å²) in [6, 6.07) is 0. The van der Waals surface area contributed by atoms with Crippen molar-refractivity contribution in [1.82, 2.24) is 10.4 Å². The lowest BCUT2D eigenvalue weighted by molar-refractivity contribution is 0.352. The molecule has 0 aromatic carbocycles. The summed E-state index contributed by atoms with van der Waals surface area (Å²) < 4.78 is 4.73. The highest BCUT2D eigenvalue weighted by Gasteiger charge is 2.00. The molecule has 3 heteroatoms. The normalized spacial score (nSPS) is 10.4. The van der Waals surface area contributed by atoms with E-state index in [1.165, 1.54) is 0 Å². The SMILES string of the molecule is CC(C)c1cnno1. The molecule has 0 spiro atoms. The van der Waals surface area contributed by atoms with Crippen LogP contribution in [-0.4, -0.2) is 10.4 Å². The van der Waals surface area contributed by atoms with E-state index >= 15 is 0 Å². The molecule has 0 unspecified atom stereocenters. The zero-order valence-corrected chi connectivity index (χ0v) is 4.96.